The van der Waals surface area contributed by atoms with Gasteiger partial charge in [-0.3, -0.25) is 4.98 Å². The minimum Gasteiger partial charge on any atom is -0.491 e. The lowest BCUT2D eigenvalue weighted by Gasteiger charge is -2.10. The van der Waals surface area contributed by atoms with Crippen molar-refractivity contribution in [2.75, 3.05) is 13.2 Å². The molecule has 2 aromatic carbocycles. The first-order valence-corrected chi connectivity index (χ1v) is 9.37. The number of halogens is 2. The SMILES string of the molecule is O=S(=O)(NCCCOc1cccc2cccnc12)c1ccc(F)cc1F. The van der Waals surface area contributed by atoms with Gasteiger partial charge in [-0.15, -0.1) is 0 Å². The largest absolute Gasteiger partial charge is 0.491 e. The van der Waals surface area contributed by atoms with Crippen LogP contribution in [0, 0.1) is 11.6 Å². The van der Waals surface area contributed by atoms with Gasteiger partial charge in [-0.25, -0.2) is 21.9 Å². The van der Waals surface area contributed by atoms with Crippen LogP contribution in [0.5, 0.6) is 5.75 Å². The van der Waals surface area contributed by atoms with Gasteiger partial charge in [-0.05, 0) is 30.7 Å². The van der Waals surface area contributed by atoms with E-state index >= 15 is 0 Å². The fraction of sp³-hybridized carbons (Fsp3) is 0.167. The van der Waals surface area contributed by atoms with Crippen LogP contribution in [0.4, 0.5) is 8.78 Å². The molecule has 0 aliphatic carbocycles. The number of nitrogens with zero attached hydrogens (tertiary/aromatic N) is 1. The molecular formula is C18H16F2N2O3S. The summed E-state index contributed by atoms with van der Waals surface area (Å²) in [5, 5.41) is 0.942. The summed E-state index contributed by atoms with van der Waals surface area (Å²) in [6, 6.07) is 11.6. The smallest absolute Gasteiger partial charge is 0.243 e. The molecular weight excluding hydrogens is 362 g/mol. The van der Waals surface area contributed by atoms with Crippen LogP contribution in [0.25, 0.3) is 10.9 Å². The van der Waals surface area contributed by atoms with Crippen LogP contribution in [0.3, 0.4) is 0 Å². The first-order valence-electron chi connectivity index (χ1n) is 7.89. The molecule has 1 aromatic heterocycles. The Morgan fingerprint density at radius 1 is 1.08 bits per heavy atom. The number of ether oxygens (including phenoxy) is 1. The van der Waals surface area contributed by atoms with Crippen LogP contribution in [0.1, 0.15) is 6.42 Å². The molecule has 8 heteroatoms. The third-order valence-corrected chi connectivity index (χ3v) is 5.14. The van der Waals surface area contributed by atoms with E-state index in [2.05, 4.69) is 9.71 Å². The van der Waals surface area contributed by atoms with Crippen molar-refractivity contribution in [3.63, 3.8) is 0 Å². The van der Waals surface area contributed by atoms with Crippen molar-refractivity contribution < 1.29 is 21.9 Å². The van der Waals surface area contributed by atoms with Crippen molar-refractivity contribution in [2.24, 2.45) is 0 Å². The van der Waals surface area contributed by atoms with Gasteiger partial charge in [0, 0.05) is 24.2 Å². The van der Waals surface area contributed by atoms with Crippen molar-refractivity contribution >= 4 is 20.9 Å². The first kappa shape index (κ1) is 18.2. The zero-order valence-corrected chi connectivity index (χ0v) is 14.5. The average Bonchev–Trinajstić information content (AvgIpc) is 2.61. The zero-order valence-electron chi connectivity index (χ0n) is 13.7. The Morgan fingerprint density at radius 3 is 2.69 bits per heavy atom. The Kier molecular flexibility index (Phi) is 5.43. The van der Waals surface area contributed by atoms with Gasteiger partial charge in [-0.2, -0.15) is 0 Å². The predicted octanol–water partition coefficient (Wildman–Crippen LogP) is 3.26. The second-order valence-electron chi connectivity index (χ2n) is 5.51. The maximum Gasteiger partial charge on any atom is 0.243 e. The molecule has 0 aliphatic heterocycles. The molecule has 5 nitrogen and oxygen atoms in total. The normalized spacial score (nSPS) is 11.6. The van der Waals surface area contributed by atoms with E-state index in [0.717, 1.165) is 23.0 Å². The van der Waals surface area contributed by atoms with Gasteiger partial charge in [0.05, 0.1) is 6.61 Å². The minimum absolute atomic E-state index is 0.0529. The van der Waals surface area contributed by atoms with Crippen LogP contribution < -0.4 is 9.46 Å². The molecule has 3 aromatic rings. The molecule has 0 saturated carbocycles. The molecule has 0 spiro atoms. The average molecular weight is 378 g/mol. The van der Waals surface area contributed by atoms with Gasteiger partial charge >= 0.3 is 0 Å². The Hall–Kier alpha value is -2.58. The van der Waals surface area contributed by atoms with Crippen LogP contribution in [0.2, 0.25) is 0 Å². The Bertz CT molecular complexity index is 1020. The fourth-order valence-electron chi connectivity index (χ4n) is 2.42. The van der Waals surface area contributed by atoms with Gasteiger partial charge in [0.15, 0.2) is 0 Å². The number of nitrogens with one attached hydrogen (secondary N) is 1. The molecule has 3 rings (SSSR count). The number of para-hydroxylation sites is 1. The molecule has 0 radical (unpaired) electrons. The molecule has 0 aliphatic rings. The molecule has 26 heavy (non-hydrogen) atoms. The number of fused-ring (bicyclic) bond motifs is 1. The van der Waals surface area contributed by atoms with E-state index < -0.39 is 26.6 Å². The number of aromatic nitrogens is 1. The number of hydrogen-bond donors (Lipinski definition) is 1. The third kappa shape index (κ3) is 4.14. The van der Waals surface area contributed by atoms with Gasteiger partial charge in [0.25, 0.3) is 0 Å². The lowest BCUT2D eigenvalue weighted by Crippen LogP contribution is -2.26. The lowest BCUT2D eigenvalue weighted by atomic mass is 10.2. The standard InChI is InChI=1S/C18H16F2N2O3S/c19-14-7-8-17(15(20)12-14)26(23,24)22-10-3-11-25-16-6-1-4-13-5-2-9-21-18(13)16/h1-2,4-9,12,22H,3,10-11H2. The molecule has 0 atom stereocenters. The summed E-state index contributed by atoms with van der Waals surface area (Å²) in [6.45, 7) is 0.307. The van der Waals surface area contributed by atoms with E-state index in [1.165, 1.54) is 0 Å². The molecule has 0 fully saturated rings. The van der Waals surface area contributed by atoms with Crippen molar-refractivity contribution in [3.05, 3.63) is 66.4 Å². The van der Waals surface area contributed by atoms with Crippen molar-refractivity contribution in [1.82, 2.24) is 9.71 Å². The second-order valence-corrected chi connectivity index (χ2v) is 7.24. The molecule has 0 saturated heterocycles. The highest BCUT2D eigenvalue weighted by atomic mass is 32.2. The van der Waals surface area contributed by atoms with Crippen molar-refractivity contribution in [1.29, 1.82) is 0 Å². The zero-order chi connectivity index (χ0) is 18.6. The highest BCUT2D eigenvalue weighted by Gasteiger charge is 2.18. The predicted molar refractivity (Wildman–Crippen MR) is 93.4 cm³/mol. The summed E-state index contributed by atoms with van der Waals surface area (Å²) in [5.74, 6) is -1.36. The Labute approximate surface area is 149 Å². The first-order chi connectivity index (χ1) is 12.5. The molecule has 0 bridgehead atoms. The van der Waals surface area contributed by atoms with E-state index in [4.69, 9.17) is 4.74 Å². The summed E-state index contributed by atoms with van der Waals surface area (Å²) in [4.78, 5) is 3.68. The summed E-state index contributed by atoms with van der Waals surface area (Å²) >= 11 is 0. The topological polar surface area (TPSA) is 68.3 Å². The van der Waals surface area contributed by atoms with E-state index in [-0.39, 0.29) is 13.2 Å². The van der Waals surface area contributed by atoms with Gasteiger partial charge in [-0.1, -0.05) is 18.2 Å². The van der Waals surface area contributed by atoms with Crippen molar-refractivity contribution in [3.8, 4) is 5.75 Å². The van der Waals surface area contributed by atoms with Gasteiger partial charge in [0.2, 0.25) is 10.0 Å². The third-order valence-electron chi connectivity index (χ3n) is 3.65. The van der Waals surface area contributed by atoms with E-state index in [1.807, 2.05) is 24.3 Å². The second kappa shape index (κ2) is 7.76. The summed E-state index contributed by atoms with van der Waals surface area (Å²) in [7, 11) is -4.05. The van der Waals surface area contributed by atoms with Crippen LogP contribution in [-0.4, -0.2) is 26.6 Å². The molecule has 0 amide bonds. The molecule has 1 heterocycles. The maximum absolute atomic E-state index is 13.6. The molecule has 1 N–H and O–H groups in total. The summed E-state index contributed by atoms with van der Waals surface area (Å²) < 4.78 is 58.5. The van der Waals surface area contributed by atoms with E-state index in [0.29, 0.717) is 18.2 Å². The van der Waals surface area contributed by atoms with Gasteiger partial charge < -0.3 is 4.74 Å². The summed E-state index contributed by atoms with van der Waals surface area (Å²) in [6.07, 6.45) is 2.03. The fourth-order valence-corrected chi connectivity index (χ4v) is 3.56. The number of rotatable bonds is 7. The van der Waals surface area contributed by atoms with E-state index in [1.54, 1.807) is 12.3 Å². The van der Waals surface area contributed by atoms with Crippen molar-refractivity contribution in [2.45, 2.75) is 11.3 Å². The number of sulfonamides is 1. The Balaban J connectivity index is 1.55. The highest BCUT2D eigenvalue weighted by Crippen LogP contribution is 2.23. The van der Waals surface area contributed by atoms with E-state index in [9.17, 15) is 17.2 Å². The van der Waals surface area contributed by atoms with Crippen LogP contribution in [0.15, 0.2) is 59.6 Å². The lowest BCUT2D eigenvalue weighted by molar-refractivity contribution is 0.314. The quantitative estimate of drug-likeness (QED) is 0.641. The highest BCUT2D eigenvalue weighted by molar-refractivity contribution is 7.89. The van der Waals surface area contributed by atoms with Crippen LogP contribution >= 0.6 is 0 Å². The summed E-state index contributed by atoms with van der Waals surface area (Å²) in [5.41, 5.74) is 0.726. The minimum atomic E-state index is -4.05. The van der Waals surface area contributed by atoms with Crippen LogP contribution in [-0.2, 0) is 10.0 Å². The molecule has 0 unspecified atom stereocenters. The Morgan fingerprint density at radius 2 is 1.88 bits per heavy atom. The van der Waals surface area contributed by atoms with Gasteiger partial charge in [0.1, 0.15) is 27.8 Å². The number of pyridine rings is 1. The maximum atomic E-state index is 13.6. The molecule has 136 valence electrons. The monoisotopic (exact) mass is 378 g/mol. The number of benzene rings is 2. The number of hydrogen-bond acceptors (Lipinski definition) is 4.